The molecular weight excluding hydrogens is 420 g/mol. The Morgan fingerprint density at radius 1 is 1.06 bits per heavy atom. The van der Waals surface area contributed by atoms with E-state index in [1.165, 1.54) is 0 Å². The molecule has 2 aromatic carbocycles. The highest BCUT2D eigenvalue weighted by molar-refractivity contribution is 5.85. The van der Waals surface area contributed by atoms with E-state index in [2.05, 4.69) is 34.9 Å². The van der Waals surface area contributed by atoms with Crippen molar-refractivity contribution < 1.29 is 24.2 Å². The van der Waals surface area contributed by atoms with Crippen LogP contribution in [0.2, 0.25) is 0 Å². The quantitative estimate of drug-likeness (QED) is 0.558. The SMILES string of the molecule is CC[C@H](NC(=O)C1CC=CC(NC(=O)OCC2c3ccccc3-c3ccccc32)C1)C(=O)O. The lowest BCUT2D eigenvalue weighted by Crippen LogP contribution is -2.46. The second-order valence-corrected chi connectivity index (χ2v) is 8.48. The maximum absolute atomic E-state index is 12.5. The summed E-state index contributed by atoms with van der Waals surface area (Å²) in [5.41, 5.74) is 4.62. The minimum Gasteiger partial charge on any atom is -0.480 e. The van der Waals surface area contributed by atoms with Gasteiger partial charge in [0, 0.05) is 11.8 Å². The molecule has 4 rings (SSSR count). The van der Waals surface area contributed by atoms with Crippen molar-refractivity contribution in [2.75, 3.05) is 6.61 Å². The van der Waals surface area contributed by atoms with Crippen LogP contribution >= 0.6 is 0 Å². The van der Waals surface area contributed by atoms with Gasteiger partial charge in [-0.25, -0.2) is 9.59 Å². The molecule has 33 heavy (non-hydrogen) atoms. The van der Waals surface area contributed by atoms with E-state index in [1.54, 1.807) is 6.92 Å². The number of rotatable bonds is 7. The molecule has 7 nitrogen and oxygen atoms in total. The predicted molar refractivity (Wildman–Crippen MR) is 124 cm³/mol. The number of aliphatic carboxylic acids is 1. The Morgan fingerprint density at radius 3 is 2.30 bits per heavy atom. The molecule has 0 spiro atoms. The van der Waals surface area contributed by atoms with Gasteiger partial charge in [-0.1, -0.05) is 67.6 Å². The Morgan fingerprint density at radius 2 is 1.70 bits per heavy atom. The molecule has 2 unspecified atom stereocenters. The molecule has 0 aromatic heterocycles. The van der Waals surface area contributed by atoms with Gasteiger partial charge in [0.25, 0.3) is 0 Å². The maximum atomic E-state index is 12.5. The lowest BCUT2D eigenvalue weighted by molar-refractivity contribution is -0.142. The van der Waals surface area contributed by atoms with Crippen molar-refractivity contribution in [3.63, 3.8) is 0 Å². The second kappa shape index (κ2) is 9.90. The Balaban J connectivity index is 1.33. The average molecular weight is 449 g/mol. The number of carbonyl (C=O) groups is 3. The number of hydrogen-bond donors (Lipinski definition) is 3. The first-order chi connectivity index (χ1) is 16.0. The second-order valence-electron chi connectivity index (χ2n) is 8.48. The van der Waals surface area contributed by atoms with E-state index < -0.39 is 24.0 Å². The van der Waals surface area contributed by atoms with Crippen molar-refractivity contribution in [1.29, 1.82) is 0 Å². The van der Waals surface area contributed by atoms with E-state index >= 15 is 0 Å². The van der Waals surface area contributed by atoms with Crippen LogP contribution in [-0.4, -0.2) is 41.8 Å². The number of allylic oxidation sites excluding steroid dienone is 1. The van der Waals surface area contributed by atoms with E-state index in [1.807, 2.05) is 36.4 Å². The molecule has 2 aliphatic rings. The third kappa shape index (κ3) is 4.92. The Kier molecular flexibility index (Phi) is 6.77. The zero-order chi connectivity index (χ0) is 23.4. The van der Waals surface area contributed by atoms with E-state index in [0.29, 0.717) is 19.3 Å². The van der Waals surface area contributed by atoms with Crippen LogP contribution in [0.1, 0.15) is 43.2 Å². The molecule has 0 radical (unpaired) electrons. The van der Waals surface area contributed by atoms with Crippen molar-refractivity contribution in [2.45, 2.75) is 44.2 Å². The van der Waals surface area contributed by atoms with Crippen LogP contribution in [0.5, 0.6) is 0 Å². The number of carboxylic acid groups (broad SMARTS) is 1. The monoisotopic (exact) mass is 448 g/mol. The molecule has 2 amide bonds. The molecule has 2 aliphatic carbocycles. The summed E-state index contributed by atoms with van der Waals surface area (Å²) >= 11 is 0. The largest absolute Gasteiger partial charge is 0.480 e. The first-order valence-electron chi connectivity index (χ1n) is 11.3. The lowest BCUT2D eigenvalue weighted by Gasteiger charge is -2.26. The number of benzene rings is 2. The molecule has 0 saturated heterocycles. The number of alkyl carbamates (subject to hydrolysis) is 1. The summed E-state index contributed by atoms with van der Waals surface area (Å²) in [6.07, 6.45) is 4.35. The number of amides is 2. The summed E-state index contributed by atoms with van der Waals surface area (Å²) in [5, 5.41) is 14.6. The predicted octanol–water partition coefficient (Wildman–Crippen LogP) is 3.84. The van der Waals surface area contributed by atoms with Crippen molar-refractivity contribution in [2.24, 2.45) is 5.92 Å². The number of fused-ring (bicyclic) bond motifs is 3. The fourth-order valence-electron chi connectivity index (χ4n) is 4.63. The molecule has 7 heteroatoms. The highest BCUT2D eigenvalue weighted by atomic mass is 16.5. The Labute approximate surface area is 192 Å². The van der Waals surface area contributed by atoms with Crippen molar-refractivity contribution >= 4 is 18.0 Å². The summed E-state index contributed by atoms with van der Waals surface area (Å²) in [4.78, 5) is 36.2. The molecule has 3 atom stereocenters. The van der Waals surface area contributed by atoms with Gasteiger partial charge in [-0.05, 0) is 41.5 Å². The molecule has 0 aliphatic heterocycles. The highest BCUT2D eigenvalue weighted by Crippen LogP contribution is 2.44. The minimum absolute atomic E-state index is 0.0226. The topological polar surface area (TPSA) is 105 Å². The molecule has 2 aromatic rings. The maximum Gasteiger partial charge on any atom is 0.407 e. The van der Waals surface area contributed by atoms with Crippen LogP contribution in [0.25, 0.3) is 11.1 Å². The summed E-state index contributed by atoms with van der Waals surface area (Å²) in [6.45, 7) is 1.93. The lowest BCUT2D eigenvalue weighted by atomic mass is 9.90. The standard InChI is InChI=1S/C26H28N2O5/c1-2-23(25(30)31)28-24(29)16-8-7-9-17(14-16)27-26(32)33-15-22-20-12-5-3-10-18(20)19-11-4-6-13-21(19)22/h3-7,9-13,16-17,22-23H,2,8,14-15H2,1H3,(H,27,32)(H,28,29)(H,30,31)/t16?,17?,23-/m0/s1. The summed E-state index contributed by atoms with van der Waals surface area (Å²) in [7, 11) is 0. The first-order valence-corrected chi connectivity index (χ1v) is 11.3. The Hall–Kier alpha value is -3.61. The van der Waals surface area contributed by atoms with Crippen molar-refractivity contribution in [3.05, 3.63) is 71.8 Å². The smallest absolute Gasteiger partial charge is 0.407 e. The number of ether oxygens (including phenoxy) is 1. The van der Waals surface area contributed by atoms with E-state index in [0.717, 1.165) is 22.3 Å². The van der Waals surface area contributed by atoms with Gasteiger partial charge >= 0.3 is 12.1 Å². The van der Waals surface area contributed by atoms with E-state index in [4.69, 9.17) is 9.84 Å². The van der Waals surface area contributed by atoms with Crippen LogP contribution in [-0.2, 0) is 14.3 Å². The van der Waals surface area contributed by atoms with E-state index in [-0.39, 0.29) is 24.5 Å². The molecule has 3 N–H and O–H groups in total. The molecule has 0 bridgehead atoms. The zero-order valence-electron chi connectivity index (χ0n) is 18.5. The Bertz CT molecular complexity index is 1030. The van der Waals surface area contributed by atoms with Crippen LogP contribution < -0.4 is 10.6 Å². The van der Waals surface area contributed by atoms with Crippen LogP contribution in [0.15, 0.2) is 60.7 Å². The normalized spacial score (nSPS) is 19.8. The average Bonchev–Trinajstić information content (AvgIpc) is 3.14. The van der Waals surface area contributed by atoms with Crippen LogP contribution in [0.4, 0.5) is 4.79 Å². The van der Waals surface area contributed by atoms with Crippen LogP contribution in [0, 0.1) is 5.92 Å². The fourth-order valence-corrected chi connectivity index (χ4v) is 4.63. The number of nitrogens with one attached hydrogen (secondary N) is 2. The van der Waals surface area contributed by atoms with Crippen molar-refractivity contribution in [3.8, 4) is 11.1 Å². The number of carbonyl (C=O) groups excluding carboxylic acids is 2. The minimum atomic E-state index is -1.05. The van der Waals surface area contributed by atoms with Gasteiger partial charge in [-0.15, -0.1) is 0 Å². The van der Waals surface area contributed by atoms with Gasteiger partial charge < -0.3 is 20.5 Å². The fraction of sp³-hybridized carbons (Fsp3) is 0.346. The summed E-state index contributed by atoms with van der Waals surface area (Å²) in [6, 6.07) is 15.0. The van der Waals surface area contributed by atoms with Crippen LogP contribution in [0.3, 0.4) is 0 Å². The number of carboxylic acids is 1. The van der Waals surface area contributed by atoms with Gasteiger partial charge in [0.15, 0.2) is 0 Å². The van der Waals surface area contributed by atoms with Crippen molar-refractivity contribution in [1.82, 2.24) is 10.6 Å². The molecule has 172 valence electrons. The van der Waals surface area contributed by atoms with Gasteiger partial charge in [-0.3, -0.25) is 4.79 Å². The van der Waals surface area contributed by atoms with Gasteiger partial charge in [-0.2, -0.15) is 0 Å². The molecule has 0 saturated carbocycles. The summed E-state index contributed by atoms with van der Waals surface area (Å²) < 4.78 is 5.59. The highest BCUT2D eigenvalue weighted by Gasteiger charge is 2.31. The molecule has 0 fully saturated rings. The third-order valence-electron chi connectivity index (χ3n) is 6.37. The van der Waals surface area contributed by atoms with Gasteiger partial charge in [0.05, 0.1) is 6.04 Å². The summed E-state index contributed by atoms with van der Waals surface area (Å²) in [5.74, 6) is -1.79. The third-order valence-corrected chi connectivity index (χ3v) is 6.37. The number of hydrogen-bond acceptors (Lipinski definition) is 4. The first kappa shape index (κ1) is 22.6. The molecular formula is C26H28N2O5. The van der Waals surface area contributed by atoms with E-state index in [9.17, 15) is 14.4 Å². The molecule has 0 heterocycles. The van der Waals surface area contributed by atoms with Gasteiger partial charge in [0.1, 0.15) is 12.6 Å². The zero-order valence-corrected chi connectivity index (χ0v) is 18.5. The van der Waals surface area contributed by atoms with Gasteiger partial charge in [0.2, 0.25) is 5.91 Å².